The summed E-state index contributed by atoms with van der Waals surface area (Å²) in [4.78, 5) is 20.1. The topological polar surface area (TPSA) is 51.6 Å². The van der Waals surface area contributed by atoms with Crippen LogP contribution in [0.4, 0.5) is 0 Å². The van der Waals surface area contributed by atoms with Crippen molar-refractivity contribution in [3.63, 3.8) is 0 Å². The number of fused-ring (bicyclic) bond motifs is 6. The van der Waals surface area contributed by atoms with Gasteiger partial charge in [-0.1, -0.05) is 145 Å². The molecule has 0 amide bonds. The maximum absolute atomic E-state index is 5.03. The number of nitrogens with zero attached hydrogens (tertiary/aromatic N) is 4. The molecule has 1 radical (unpaired) electrons. The van der Waals surface area contributed by atoms with Crippen LogP contribution in [0.15, 0.2) is 170 Å². The largest absolute Gasteiger partial charge is 0.245 e. The maximum atomic E-state index is 5.03. The van der Waals surface area contributed by atoms with E-state index in [1.165, 1.54) is 22.3 Å². The quantitative estimate of drug-likeness (QED) is 0.132. The first kappa shape index (κ1) is 37.4. The van der Waals surface area contributed by atoms with E-state index in [0.717, 1.165) is 88.6 Å². The second kappa shape index (κ2) is 15.9. The van der Waals surface area contributed by atoms with Crippen LogP contribution in [0.5, 0.6) is 0 Å². The third-order valence-corrected chi connectivity index (χ3v) is 10.6. The van der Waals surface area contributed by atoms with Crippen LogP contribution in [0.1, 0.15) is 22.3 Å². The third-order valence-electron chi connectivity index (χ3n) is 10.6. The molecule has 4 aromatic heterocycles. The smallest absolute Gasteiger partial charge is 0.0972 e. The van der Waals surface area contributed by atoms with E-state index in [-0.39, 0.29) is 17.1 Å². The van der Waals surface area contributed by atoms with Crippen LogP contribution < -0.4 is 0 Å². The van der Waals surface area contributed by atoms with Crippen LogP contribution in [0.3, 0.4) is 0 Å². The van der Waals surface area contributed by atoms with Crippen molar-refractivity contribution in [3.05, 3.63) is 192 Å². The summed E-state index contributed by atoms with van der Waals surface area (Å²) in [5, 5.41) is 4.44. The van der Waals surface area contributed by atoms with Gasteiger partial charge < -0.3 is 0 Å². The van der Waals surface area contributed by atoms with Crippen LogP contribution in [0.25, 0.3) is 88.6 Å². The molecule has 0 saturated carbocycles. The van der Waals surface area contributed by atoms with E-state index in [1.54, 1.807) is 0 Å². The third kappa shape index (κ3) is 7.44. The summed E-state index contributed by atoms with van der Waals surface area (Å²) in [5.74, 6) is 0. The number of aryl methyl sites for hydroxylation is 4. The molecule has 10 aromatic rings. The number of hydrogen-bond acceptors (Lipinski definition) is 4. The Kier molecular flexibility index (Phi) is 10.4. The average molecular weight is 784 g/mol. The average Bonchev–Trinajstić information content (AvgIpc) is 3.23. The van der Waals surface area contributed by atoms with Gasteiger partial charge in [0.05, 0.1) is 44.8 Å². The van der Waals surface area contributed by atoms with E-state index in [0.29, 0.717) is 0 Å². The maximum Gasteiger partial charge on any atom is 0.0972 e. The molecule has 279 valence electrons. The standard InChI is InChI=1S/2C26H20N2.Cu/c1-17-7-3-5-9-21(17)23-15-13-19-11-12-20-14-16-24(28-26(20)25(19)27-23)22-10-6-4-8-18(22)2;1-17-6-5-8-21(16-17)23-14-12-19-10-11-20-13-15-24(28-26(20)25(19)27-23)22-9-4-3-7-18(22)2;/h2*3-16H,1-2H3;. The summed E-state index contributed by atoms with van der Waals surface area (Å²) in [5.41, 5.74) is 17.3. The predicted molar refractivity (Wildman–Crippen MR) is 235 cm³/mol. The summed E-state index contributed by atoms with van der Waals surface area (Å²) in [7, 11) is 0. The Morgan fingerprint density at radius 2 is 0.614 bits per heavy atom. The van der Waals surface area contributed by atoms with Crippen molar-refractivity contribution in [2.45, 2.75) is 27.7 Å². The Labute approximate surface area is 343 Å². The zero-order chi connectivity index (χ0) is 38.2. The summed E-state index contributed by atoms with van der Waals surface area (Å²) < 4.78 is 0. The minimum atomic E-state index is 0. The number of pyridine rings is 4. The van der Waals surface area contributed by atoms with Crippen molar-refractivity contribution in [1.29, 1.82) is 0 Å². The molecule has 0 aliphatic rings. The van der Waals surface area contributed by atoms with Crippen molar-refractivity contribution in [3.8, 4) is 45.0 Å². The second-order valence-electron chi connectivity index (χ2n) is 14.5. The first-order valence-electron chi connectivity index (χ1n) is 19.1. The number of benzene rings is 6. The van der Waals surface area contributed by atoms with Gasteiger partial charge in [-0.25, -0.2) is 19.9 Å². The summed E-state index contributed by atoms with van der Waals surface area (Å²) in [6, 6.07) is 59.0. The summed E-state index contributed by atoms with van der Waals surface area (Å²) in [6.07, 6.45) is 0. The van der Waals surface area contributed by atoms with Gasteiger partial charge in [-0.15, -0.1) is 0 Å². The van der Waals surface area contributed by atoms with Crippen LogP contribution in [0, 0.1) is 27.7 Å². The Hall–Kier alpha value is -6.52. The van der Waals surface area contributed by atoms with Gasteiger partial charge in [0.2, 0.25) is 0 Å². The minimum Gasteiger partial charge on any atom is -0.245 e. The first-order valence-corrected chi connectivity index (χ1v) is 19.1. The summed E-state index contributed by atoms with van der Waals surface area (Å²) in [6.45, 7) is 8.48. The molecular formula is C52H40CuN4. The zero-order valence-electron chi connectivity index (χ0n) is 32.3. The molecule has 0 unspecified atom stereocenters. The molecule has 10 rings (SSSR count). The van der Waals surface area contributed by atoms with E-state index in [4.69, 9.17) is 19.9 Å². The van der Waals surface area contributed by atoms with Gasteiger partial charge in [0.1, 0.15) is 0 Å². The molecule has 0 aliphatic carbocycles. The fraction of sp³-hybridized carbons (Fsp3) is 0.0769. The van der Waals surface area contributed by atoms with Crippen LogP contribution in [-0.2, 0) is 17.1 Å². The predicted octanol–water partition coefficient (Wildman–Crippen LogP) is 13.5. The van der Waals surface area contributed by atoms with Gasteiger partial charge in [0.25, 0.3) is 0 Å². The van der Waals surface area contributed by atoms with Crippen molar-refractivity contribution in [1.82, 2.24) is 19.9 Å². The van der Waals surface area contributed by atoms with Gasteiger partial charge in [-0.2, -0.15) is 0 Å². The fourth-order valence-corrected chi connectivity index (χ4v) is 7.53. The SMILES string of the molecule is Cc1cccc(-c2ccc3ccc4ccc(-c5ccccc5C)nc4c3n2)c1.Cc1ccccc1-c1ccc2ccc3ccc(-c4ccccc4C)nc3c2n1.[Cu]. The van der Waals surface area contributed by atoms with Crippen LogP contribution in [-0.4, -0.2) is 19.9 Å². The Balaban J connectivity index is 0.000000157. The van der Waals surface area contributed by atoms with Gasteiger partial charge in [-0.05, 0) is 74.7 Å². The molecule has 4 nitrogen and oxygen atoms in total. The van der Waals surface area contributed by atoms with Crippen molar-refractivity contribution in [2.75, 3.05) is 0 Å². The first-order chi connectivity index (χ1) is 27.4. The van der Waals surface area contributed by atoms with Gasteiger partial charge in [-0.3, -0.25) is 0 Å². The van der Waals surface area contributed by atoms with E-state index < -0.39 is 0 Å². The van der Waals surface area contributed by atoms with E-state index in [2.05, 4.69) is 198 Å². The van der Waals surface area contributed by atoms with Crippen molar-refractivity contribution >= 4 is 43.6 Å². The number of rotatable bonds is 4. The molecule has 0 saturated heterocycles. The van der Waals surface area contributed by atoms with Crippen molar-refractivity contribution in [2.24, 2.45) is 0 Å². The van der Waals surface area contributed by atoms with E-state index in [1.807, 2.05) is 0 Å². The Morgan fingerprint density at radius 1 is 0.298 bits per heavy atom. The molecule has 0 atom stereocenters. The molecule has 0 fully saturated rings. The molecule has 4 heterocycles. The molecule has 0 spiro atoms. The number of aromatic nitrogens is 4. The summed E-state index contributed by atoms with van der Waals surface area (Å²) >= 11 is 0. The Bertz CT molecular complexity index is 2990. The second-order valence-corrected chi connectivity index (χ2v) is 14.5. The van der Waals surface area contributed by atoms with Crippen molar-refractivity contribution < 1.29 is 17.1 Å². The Morgan fingerprint density at radius 3 is 0.965 bits per heavy atom. The van der Waals surface area contributed by atoms with E-state index >= 15 is 0 Å². The van der Waals surface area contributed by atoms with Gasteiger partial charge in [0.15, 0.2) is 0 Å². The van der Waals surface area contributed by atoms with Crippen LogP contribution in [0.2, 0.25) is 0 Å². The molecule has 57 heavy (non-hydrogen) atoms. The van der Waals surface area contributed by atoms with Gasteiger partial charge in [0, 0.05) is 60.9 Å². The molecular weight excluding hydrogens is 744 g/mol. The molecule has 5 heteroatoms. The number of hydrogen-bond donors (Lipinski definition) is 0. The van der Waals surface area contributed by atoms with E-state index in [9.17, 15) is 0 Å². The molecule has 6 aromatic carbocycles. The molecule has 0 bridgehead atoms. The van der Waals surface area contributed by atoms with Crippen LogP contribution >= 0.6 is 0 Å². The molecule has 0 N–H and O–H groups in total. The normalized spacial score (nSPS) is 11.0. The fourth-order valence-electron chi connectivity index (χ4n) is 7.53. The monoisotopic (exact) mass is 783 g/mol. The zero-order valence-corrected chi connectivity index (χ0v) is 33.2. The van der Waals surface area contributed by atoms with Gasteiger partial charge >= 0.3 is 0 Å². The minimum absolute atomic E-state index is 0. The molecule has 0 aliphatic heterocycles.